The molecule has 1 saturated carbocycles. The van der Waals surface area contributed by atoms with Crippen LogP contribution in [0.1, 0.15) is 43.6 Å². The van der Waals surface area contributed by atoms with Crippen molar-refractivity contribution in [3.8, 4) is 0 Å². The maximum absolute atomic E-state index is 4.43. The molecule has 1 aromatic heterocycles. The Kier molecular flexibility index (Phi) is 2.88. The number of nitrogens with one attached hydrogen (secondary N) is 1. The standard InChI is InChI=1S/C13H15IN2/c14-13-15-11-7-6-10(8-12(11)16-13)9-4-2-1-3-5-9/h6-9H,1-5H2,(H,15,16). The van der Waals surface area contributed by atoms with Crippen LogP contribution in [-0.4, -0.2) is 9.97 Å². The minimum Gasteiger partial charge on any atom is -0.333 e. The number of halogens is 1. The molecule has 3 heteroatoms. The summed E-state index contributed by atoms with van der Waals surface area (Å²) < 4.78 is 0.980. The molecule has 0 unspecified atom stereocenters. The van der Waals surface area contributed by atoms with Gasteiger partial charge in [0.05, 0.1) is 11.0 Å². The number of nitrogens with zero attached hydrogens (tertiary/aromatic N) is 1. The minimum atomic E-state index is 0.777. The van der Waals surface area contributed by atoms with E-state index in [9.17, 15) is 0 Å². The van der Waals surface area contributed by atoms with E-state index in [1.165, 1.54) is 43.2 Å². The quantitative estimate of drug-likeness (QED) is 0.781. The van der Waals surface area contributed by atoms with E-state index in [4.69, 9.17) is 0 Å². The van der Waals surface area contributed by atoms with E-state index in [0.29, 0.717) is 0 Å². The van der Waals surface area contributed by atoms with Crippen LogP contribution in [0.4, 0.5) is 0 Å². The van der Waals surface area contributed by atoms with Crippen molar-refractivity contribution in [2.45, 2.75) is 38.0 Å². The molecule has 2 nitrogen and oxygen atoms in total. The molecule has 0 amide bonds. The first-order valence-electron chi connectivity index (χ1n) is 5.98. The fourth-order valence-electron chi connectivity index (χ4n) is 2.69. The first-order chi connectivity index (χ1) is 7.83. The molecule has 0 radical (unpaired) electrons. The molecule has 84 valence electrons. The van der Waals surface area contributed by atoms with Crippen molar-refractivity contribution in [3.05, 3.63) is 27.6 Å². The Labute approximate surface area is 109 Å². The number of aromatic amines is 1. The summed E-state index contributed by atoms with van der Waals surface area (Å²) in [6, 6.07) is 6.70. The van der Waals surface area contributed by atoms with Gasteiger partial charge < -0.3 is 4.98 Å². The van der Waals surface area contributed by atoms with E-state index in [1.807, 2.05) is 0 Å². The molecule has 1 aliphatic rings. The predicted octanol–water partition coefficient (Wildman–Crippen LogP) is 4.22. The smallest absolute Gasteiger partial charge is 0.169 e. The van der Waals surface area contributed by atoms with Gasteiger partial charge in [-0.15, -0.1) is 0 Å². The normalized spacial score (nSPS) is 18.1. The molecule has 0 bridgehead atoms. The molecule has 1 N–H and O–H groups in total. The van der Waals surface area contributed by atoms with E-state index >= 15 is 0 Å². The number of imidazole rings is 1. The molecule has 1 fully saturated rings. The predicted molar refractivity (Wildman–Crippen MR) is 74.6 cm³/mol. The topological polar surface area (TPSA) is 28.7 Å². The Hall–Kier alpha value is -0.580. The number of rotatable bonds is 1. The van der Waals surface area contributed by atoms with Crippen LogP contribution < -0.4 is 0 Å². The lowest BCUT2D eigenvalue weighted by Crippen LogP contribution is -2.04. The van der Waals surface area contributed by atoms with Crippen molar-refractivity contribution in [2.75, 3.05) is 0 Å². The van der Waals surface area contributed by atoms with E-state index in [1.54, 1.807) is 0 Å². The molecular weight excluding hydrogens is 311 g/mol. The number of hydrogen-bond acceptors (Lipinski definition) is 1. The summed E-state index contributed by atoms with van der Waals surface area (Å²) in [5, 5.41) is 0. The lowest BCUT2D eigenvalue weighted by atomic mass is 9.84. The van der Waals surface area contributed by atoms with Gasteiger partial charge in [0.15, 0.2) is 3.83 Å². The summed E-state index contributed by atoms with van der Waals surface area (Å²) in [4.78, 5) is 7.74. The zero-order valence-corrected chi connectivity index (χ0v) is 11.3. The van der Waals surface area contributed by atoms with E-state index in [-0.39, 0.29) is 0 Å². The molecule has 0 aliphatic heterocycles. The van der Waals surface area contributed by atoms with Crippen molar-refractivity contribution in [1.29, 1.82) is 0 Å². The number of H-pyrrole nitrogens is 1. The van der Waals surface area contributed by atoms with Crippen LogP contribution in [0.3, 0.4) is 0 Å². The summed E-state index contributed by atoms with van der Waals surface area (Å²) in [6.45, 7) is 0. The summed E-state index contributed by atoms with van der Waals surface area (Å²) in [6.07, 6.45) is 6.92. The Bertz CT molecular complexity index is 498. The van der Waals surface area contributed by atoms with Gasteiger partial charge in [0.2, 0.25) is 0 Å². The molecule has 0 atom stereocenters. The second-order valence-corrected chi connectivity index (χ2v) is 5.66. The Balaban J connectivity index is 1.97. The second kappa shape index (κ2) is 4.35. The van der Waals surface area contributed by atoms with Gasteiger partial charge in [-0.05, 0) is 59.0 Å². The lowest BCUT2D eigenvalue weighted by molar-refractivity contribution is 0.444. The van der Waals surface area contributed by atoms with Crippen LogP contribution >= 0.6 is 22.6 Å². The van der Waals surface area contributed by atoms with Gasteiger partial charge >= 0.3 is 0 Å². The summed E-state index contributed by atoms with van der Waals surface area (Å²) in [5.41, 5.74) is 3.77. The van der Waals surface area contributed by atoms with E-state index in [2.05, 4.69) is 50.8 Å². The maximum atomic E-state index is 4.43. The van der Waals surface area contributed by atoms with Crippen LogP contribution in [0.5, 0.6) is 0 Å². The van der Waals surface area contributed by atoms with Crippen LogP contribution in [0.2, 0.25) is 0 Å². The highest BCUT2D eigenvalue weighted by Gasteiger charge is 2.16. The minimum absolute atomic E-state index is 0.777. The molecule has 0 spiro atoms. The molecule has 1 heterocycles. The first kappa shape index (κ1) is 10.6. The van der Waals surface area contributed by atoms with Crippen molar-refractivity contribution >= 4 is 33.6 Å². The van der Waals surface area contributed by atoms with Gasteiger partial charge in [0.1, 0.15) is 0 Å². The van der Waals surface area contributed by atoms with Gasteiger partial charge in [-0.1, -0.05) is 25.3 Å². The summed E-state index contributed by atoms with van der Waals surface area (Å²) in [7, 11) is 0. The first-order valence-corrected chi connectivity index (χ1v) is 7.06. The summed E-state index contributed by atoms with van der Waals surface area (Å²) >= 11 is 2.23. The monoisotopic (exact) mass is 326 g/mol. The van der Waals surface area contributed by atoms with Crippen molar-refractivity contribution in [1.82, 2.24) is 9.97 Å². The number of fused-ring (bicyclic) bond motifs is 1. The Morgan fingerprint density at radius 1 is 1.19 bits per heavy atom. The molecule has 2 aromatic rings. The van der Waals surface area contributed by atoms with Crippen LogP contribution in [0, 0.1) is 3.83 Å². The van der Waals surface area contributed by atoms with Crippen LogP contribution in [0.15, 0.2) is 18.2 Å². The average molecular weight is 326 g/mol. The largest absolute Gasteiger partial charge is 0.333 e. The highest BCUT2D eigenvalue weighted by atomic mass is 127. The Morgan fingerprint density at radius 2 is 2.00 bits per heavy atom. The molecule has 1 aliphatic carbocycles. The van der Waals surface area contributed by atoms with Crippen molar-refractivity contribution < 1.29 is 0 Å². The zero-order valence-electron chi connectivity index (χ0n) is 9.17. The number of aromatic nitrogens is 2. The third kappa shape index (κ3) is 1.97. The second-order valence-electron chi connectivity index (χ2n) is 4.64. The average Bonchev–Trinajstić information content (AvgIpc) is 2.69. The van der Waals surface area contributed by atoms with Crippen molar-refractivity contribution in [2.24, 2.45) is 0 Å². The van der Waals surface area contributed by atoms with Gasteiger partial charge in [0.25, 0.3) is 0 Å². The lowest BCUT2D eigenvalue weighted by Gasteiger charge is -2.21. The summed E-state index contributed by atoms with van der Waals surface area (Å²) in [5.74, 6) is 0.777. The SMILES string of the molecule is Ic1nc2ccc(C3CCCCC3)cc2[nH]1. The van der Waals surface area contributed by atoms with E-state index < -0.39 is 0 Å². The molecular formula is C13H15IN2. The van der Waals surface area contributed by atoms with Crippen LogP contribution in [0.25, 0.3) is 11.0 Å². The van der Waals surface area contributed by atoms with Crippen molar-refractivity contribution in [3.63, 3.8) is 0 Å². The fourth-order valence-corrected chi connectivity index (χ4v) is 3.24. The fraction of sp³-hybridized carbons (Fsp3) is 0.462. The van der Waals surface area contributed by atoms with Gasteiger partial charge in [-0.2, -0.15) is 0 Å². The molecule has 3 rings (SSSR count). The highest BCUT2D eigenvalue weighted by molar-refractivity contribution is 14.1. The van der Waals surface area contributed by atoms with Crippen LogP contribution in [-0.2, 0) is 0 Å². The van der Waals surface area contributed by atoms with Gasteiger partial charge in [-0.3, -0.25) is 0 Å². The molecule has 1 aromatic carbocycles. The molecule has 16 heavy (non-hydrogen) atoms. The molecule has 0 saturated heterocycles. The Morgan fingerprint density at radius 3 is 2.81 bits per heavy atom. The highest BCUT2D eigenvalue weighted by Crippen LogP contribution is 2.33. The third-order valence-electron chi connectivity index (χ3n) is 3.55. The number of hydrogen-bond donors (Lipinski definition) is 1. The maximum Gasteiger partial charge on any atom is 0.169 e. The number of benzene rings is 1. The zero-order chi connectivity index (χ0) is 11.0. The van der Waals surface area contributed by atoms with E-state index in [0.717, 1.165) is 15.3 Å². The van der Waals surface area contributed by atoms with Gasteiger partial charge in [0, 0.05) is 0 Å². The third-order valence-corrected chi connectivity index (χ3v) is 4.06. The van der Waals surface area contributed by atoms with Gasteiger partial charge in [-0.25, -0.2) is 4.98 Å².